The van der Waals surface area contributed by atoms with E-state index in [1.54, 1.807) is 6.20 Å². The van der Waals surface area contributed by atoms with Crippen LogP contribution in [0.15, 0.2) is 18.5 Å². The van der Waals surface area contributed by atoms with E-state index in [2.05, 4.69) is 4.98 Å². The molecular formula is C9H10N2O2. The number of nitrogens with zero attached hydrogens (tertiary/aromatic N) is 2. The largest absolute Gasteiger partial charge is 0.465 e. The van der Waals surface area contributed by atoms with Crippen LogP contribution in [0.2, 0.25) is 0 Å². The summed E-state index contributed by atoms with van der Waals surface area (Å²) in [6, 6.07) is 1.88. The zero-order chi connectivity index (χ0) is 9.26. The molecule has 0 atom stereocenters. The van der Waals surface area contributed by atoms with Crippen LogP contribution in [-0.4, -0.2) is 27.6 Å². The number of hydrogen-bond donors (Lipinski definition) is 1. The van der Waals surface area contributed by atoms with Crippen molar-refractivity contribution in [3.63, 3.8) is 0 Å². The van der Waals surface area contributed by atoms with Gasteiger partial charge in [-0.05, 0) is 23.6 Å². The second-order valence-electron chi connectivity index (χ2n) is 3.10. The molecule has 1 aromatic rings. The summed E-state index contributed by atoms with van der Waals surface area (Å²) in [4.78, 5) is 16.1. The lowest BCUT2D eigenvalue weighted by Crippen LogP contribution is -2.34. The van der Waals surface area contributed by atoms with Crippen LogP contribution in [0, 0.1) is 0 Å². The topological polar surface area (TPSA) is 53.4 Å². The number of rotatable bonds is 0. The van der Waals surface area contributed by atoms with E-state index < -0.39 is 6.09 Å². The Morgan fingerprint density at radius 2 is 2.38 bits per heavy atom. The highest BCUT2D eigenvalue weighted by molar-refractivity contribution is 5.65. The van der Waals surface area contributed by atoms with E-state index in [1.807, 2.05) is 12.3 Å². The van der Waals surface area contributed by atoms with Gasteiger partial charge in [-0.25, -0.2) is 4.79 Å². The van der Waals surface area contributed by atoms with E-state index in [4.69, 9.17) is 5.11 Å². The van der Waals surface area contributed by atoms with Crippen LogP contribution in [-0.2, 0) is 13.0 Å². The van der Waals surface area contributed by atoms with Gasteiger partial charge in [0.05, 0.1) is 0 Å². The standard InChI is InChI=1S/C9H10N2O2/c12-9(13)11-4-2-7-5-10-3-1-8(7)6-11/h1,3,5H,2,4,6H2,(H,12,13). The average molecular weight is 178 g/mol. The van der Waals surface area contributed by atoms with Gasteiger partial charge in [0.25, 0.3) is 0 Å². The number of aromatic nitrogens is 1. The molecular weight excluding hydrogens is 168 g/mol. The van der Waals surface area contributed by atoms with Crippen molar-refractivity contribution in [3.05, 3.63) is 29.6 Å². The Bertz CT molecular complexity index is 338. The molecule has 1 aromatic heterocycles. The third-order valence-electron chi connectivity index (χ3n) is 2.29. The lowest BCUT2D eigenvalue weighted by Gasteiger charge is -2.25. The molecule has 0 spiro atoms. The summed E-state index contributed by atoms with van der Waals surface area (Å²) in [6.07, 6.45) is 3.44. The molecule has 1 aliphatic heterocycles. The molecule has 0 unspecified atom stereocenters. The van der Waals surface area contributed by atoms with Gasteiger partial charge in [-0.1, -0.05) is 0 Å². The van der Waals surface area contributed by atoms with Gasteiger partial charge in [0.15, 0.2) is 0 Å². The summed E-state index contributed by atoms with van der Waals surface area (Å²) < 4.78 is 0. The van der Waals surface area contributed by atoms with E-state index in [0.717, 1.165) is 12.0 Å². The fraction of sp³-hybridized carbons (Fsp3) is 0.333. The maximum absolute atomic E-state index is 10.7. The Balaban J connectivity index is 2.24. The maximum atomic E-state index is 10.7. The summed E-state index contributed by atoms with van der Waals surface area (Å²) in [5.41, 5.74) is 2.24. The van der Waals surface area contributed by atoms with Crippen LogP contribution in [0.5, 0.6) is 0 Å². The monoisotopic (exact) mass is 178 g/mol. The van der Waals surface area contributed by atoms with Gasteiger partial charge in [-0.3, -0.25) is 4.98 Å². The van der Waals surface area contributed by atoms with Crippen LogP contribution >= 0.6 is 0 Å². The van der Waals surface area contributed by atoms with Gasteiger partial charge in [0.1, 0.15) is 0 Å². The van der Waals surface area contributed by atoms with E-state index in [0.29, 0.717) is 13.1 Å². The van der Waals surface area contributed by atoms with Crippen molar-refractivity contribution >= 4 is 6.09 Å². The normalized spacial score (nSPS) is 15.2. The highest BCUT2D eigenvalue weighted by atomic mass is 16.4. The molecule has 0 aliphatic carbocycles. The van der Waals surface area contributed by atoms with Gasteiger partial charge >= 0.3 is 6.09 Å². The fourth-order valence-corrected chi connectivity index (χ4v) is 1.54. The van der Waals surface area contributed by atoms with Crippen molar-refractivity contribution in [1.29, 1.82) is 0 Å². The molecule has 1 amide bonds. The highest BCUT2D eigenvalue weighted by Gasteiger charge is 2.19. The fourth-order valence-electron chi connectivity index (χ4n) is 1.54. The molecule has 68 valence electrons. The molecule has 0 radical (unpaired) electrons. The summed E-state index contributed by atoms with van der Waals surface area (Å²) in [6.45, 7) is 1.07. The second kappa shape index (κ2) is 3.05. The number of carbonyl (C=O) groups is 1. The maximum Gasteiger partial charge on any atom is 0.407 e. The van der Waals surface area contributed by atoms with Crippen LogP contribution < -0.4 is 0 Å². The van der Waals surface area contributed by atoms with Crippen molar-refractivity contribution in [2.24, 2.45) is 0 Å². The predicted molar refractivity (Wildman–Crippen MR) is 46.4 cm³/mol. The van der Waals surface area contributed by atoms with Gasteiger partial charge in [0, 0.05) is 25.5 Å². The summed E-state index contributed by atoms with van der Waals surface area (Å²) in [7, 11) is 0. The quantitative estimate of drug-likeness (QED) is 0.647. The Morgan fingerprint density at radius 3 is 3.15 bits per heavy atom. The van der Waals surface area contributed by atoms with Crippen LogP contribution in [0.25, 0.3) is 0 Å². The second-order valence-corrected chi connectivity index (χ2v) is 3.10. The first-order valence-electron chi connectivity index (χ1n) is 4.17. The molecule has 0 saturated heterocycles. The first kappa shape index (κ1) is 8.04. The minimum Gasteiger partial charge on any atom is -0.465 e. The smallest absolute Gasteiger partial charge is 0.407 e. The average Bonchev–Trinajstić information content (AvgIpc) is 2.17. The van der Waals surface area contributed by atoms with Crippen molar-refractivity contribution < 1.29 is 9.90 Å². The molecule has 13 heavy (non-hydrogen) atoms. The molecule has 1 aliphatic rings. The van der Waals surface area contributed by atoms with Crippen LogP contribution in [0.1, 0.15) is 11.1 Å². The zero-order valence-corrected chi connectivity index (χ0v) is 7.10. The SMILES string of the molecule is O=C(O)N1CCc2cnccc2C1. The van der Waals surface area contributed by atoms with Gasteiger partial charge in [0.2, 0.25) is 0 Å². The minimum atomic E-state index is -0.845. The zero-order valence-electron chi connectivity index (χ0n) is 7.10. The minimum absolute atomic E-state index is 0.493. The molecule has 4 nitrogen and oxygen atoms in total. The van der Waals surface area contributed by atoms with Gasteiger partial charge in [-0.15, -0.1) is 0 Å². The summed E-state index contributed by atoms with van der Waals surface area (Å²) in [5.74, 6) is 0. The number of pyridine rings is 1. The van der Waals surface area contributed by atoms with E-state index in [9.17, 15) is 4.79 Å². The highest BCUT2D eigenvalue weighted by Crippen LogP contribution is 2.16. The molecule has 2 rings (SSSR count). The predicted octanol–water partition coefficient (Wildman–Crippen LogP) is 1.12. The van der Waals surface area contributed by atoms with Crippen molar-refractivity contribution in [3.8, 4) is 0 Å². The number of fused-ring (bicyclic) bond motifs is 1. The van der Waals surface area contributed by atoms with Crippen molar-refractivity contribution in [2.45, 2.75) is 13.0 Å². The Labute approximate surface area is 75.8 Å². The van der Waals surface area contributed by atoms with E-state index in [1.165, 1.54) is 10.5 Å². The van der Waals surface area contributed by atoms with E-state index >= 15 is 0 Å². The summed E-state index contributed by atoms with van der Waals surface area (Å²) in [5, 5.41) is 8.77. The lowest BCUT2D eigenvalue weighted by molar-refractivity contribution is 0.140. The lowest BCUT2D eigenvalue weighted by atomic mass is 10.0. The Hall–Kier alpha value is -1.58. The molecule has 1 N–H and O–H groups in total. The molecule has 0 saturated carbocycles. The van der Waals surface area contributed by atoms with Crippen molar-refractivity contribution in [2.75, 3.05) is 6.54 Å². The van der Waals surface area contributed by atoms with Gasteiger partial charge < -0.3 is 10.0 Å². The van der Waals surface area contributed by atoms with Crippen LogP contribution in [0.3, 0.4) is 0 Å². The first-order valence-corrected chi connectivity index (χ1v) is 4.17. The van der Waals surface area contributed by atoms with Gasteiger partial charge in [-0.2, -0.15) is 0 Å². The Morgan fingerprint density at radius 1 is 1.54 bits per heavy atom. The summed E-state index contributed by atoms with van der Waals surface area (Å²) >= 11 is 0. The number of carboxylic acid groups (broad SMARTS) is 1. The van der Waals surface area contributed by atoms with E-state index in [-0.39, 0.29) is 0 Å². The molecule has 2 heterocycles. The molecule has 0 fully saturated rings. The molecule has 4 heteroatoms. The molecule has 0 bridgehead atoms. The van der Waals surface area contributed by atoms with Crippen molar-refractivity contribution in [1.82, 2.24) is 9.88 Å². The Kier molecular flexibility index (Phi) is 1.88. The first-order chi connectivity index (χ1) is 6.27. The third-order valence-corrected chi connectivity index (χ3v) is 2.29. The third kappa shape index (κ3) is 1.47. The number of hydrogen-bond acceptors (Lipinski definition) is 2. The number of amides is 1. The molecule has 0 aromatic carbocycles. The van der Waals surface area contributed by atoms with Crippen LogP contribution in [0.4, 0.5) is 4.79 Å².